The SMILES string of the molecule is CCOC(=O)CCCCCNC(=O)c1c(OC)cccc1OC. The van der Waals surface area contributed by atoms with Crippen LogP contribution in [0.4, 0.5) is 0 Å². The normalized spacial score (nSPS) is 10.0. The Labute approximate surface area is 137 Å². The van der Waals surface area contributed by atoms with Gasteiger partial charge in [-0.2, -0.15) is 0 Å². The number of hydrogen-bond acceptors (Lipinski definition) is 5. The number of rotatable bonds is 10. The molecule has 6 heteroatoms. The minimum absolute atomic E-state index is 0.171. The number of esters is 1. The third kappa shape index (κ3) is 6.18. The highest BCUT2D eigenvalue weighted by atomic mass is 16.5. The highest BCUT2D eigenvalue weighted by Gasteiger charge is 2.17. The van der Waals surface area contributed by atoms with Crippen LogP contribution in [0.5, 0.6) is 11.5 Å². The van der Waals surface area contributed by atoms with E-state index in [1.54, 1.807) is 25.1 Å². The summed E-state index contributed by atoms with van der Waals surface area (Å²) in [4.78, 5) is 23.5. The Kier molecular flexibility index (Phi) is 8.57. The molecule has 1 rings (SSSR count). The molecule has 0 bridgehead atoms. The fraction of sp³-hybridized carbons (Fsp3) is 0.529. The van der Waals surface area contributed by atoms with Crippen molar-refractivity contribution in [2.75, 3.05) is 27.4 Å². The second kappa shape index (κ2) is 10.5. The zero-order valence-corrected chi connectivity index (χ0v) is 14.0. The summed E-state index contributed by atoms with van der Waals surface area (Å²) in [5.41, 5.74) is 0.393. The molecular weight excluding hydrogens is 298 g/mol. The van der Waals surface area contributed by atoms with E-state index in [0.29, 0.717) is 36.6 Å². The summed E-state index contributed by atoms with van der Waals surface area (Å²) in [6, 6.07) is 5.21. The maximum absolute atomic E-state index is 12.3. The third-order valence-corrected chi connectivity index (χ3v) is 3.30. The third-order valence-electron chi connectivity index (χ3n) is 3.30. The molecule has 1 N–H and O–H groups in total. The standard InChI is InChI=1S/C17H25NO5/c1-4-23-15(19)11-6-5-7-12-18-17(20)16-13(21-2)9-8-10-14(16)22-3/h8-10H,4-7,11-12H2,1-3H3,(H,18,20). The van der Waals surface area contributed by atoms with Gasteiger partial charge < -0.3 is 19.5 Å². The van der Waals surface area contributed by atoms with Crippen molar-refractivity contribution in [3.05, 3.63) is 23.8 Å². The van der Waals surface area contributed by atoms with Crippen LogP contribution in [0.2, 0.25) is 0 Å². The number of nitrogens with one attached hydrogen (secondary N) is 1. The zero-order chi connectivity index (χ0) is 17.1. The molecule has 0 unspecified atom stereocenters. The van der Waals surface area contributed by atoms with E-state index in [1.807, 2.05) is 0 Å². The van der Waals surface area contributed by atoms with E-state index in [-0.39, 0.29) is 11.9 Å². The predicted molar refractivity (Wildman–Crippen MR) is 87.0 cm³/mol. The summed E-state index contributed by atoms with van der Waals surface area (Å²) in [5.74, 6) is 0.549. The van der Waals surface area contributed by atoms with Gasteiger partial charge in [-0.15, -0.1) is 0 Å². The lowest BCUT2D eigenvalue weighted by Crippen LogP contribution is -2.25. The average molecular weight is 323 g/mol. The number of methoxy groups -OCH3 is 2. The second-order valence-corrected chi connectivity index (χ2v) is 4.91. The molecule has 1 aromatic carbocycles. The van der Waals surface area contributed by atoms with Gasteiger partial charge in [-0.3, -0.25) is 9.59 Å². The van der Waals surface area contributed by atoms with E-state index in [0.717, 1.165) is 19.3 Å². The maximum atomic E-state index is 12.3. The number of benzene rings is 1. The van der Waals surface area contributed by atoms with Crippen LogP contribution in [-0.2, 0) is 9.53 Å². The van der Waals surface area contributed by atoms with Crippen LogP contribution in [0.25, 0.3) is 0 Å². The van der Waals surface area contributed by atoms with Gasteiger partial charge in [0, 0.05) is 13.0 Å². The fourth-order valence-electron chi connectivity index (χ4n) is 2.17. The van der Waals surface area contributed by atoms with Crippen LogP contribution in [-0.4, -0.2) is 39.2 Å². The summed E-state index contributed by atoms with van der Waals surface area (Å²) < 4.78 is 15.3. The summed E-state index contributed by atoms with van der Waals surface area (Å²) in [7, 11) is 3.03. The first kappa shape index (κ1) is 18.8. The predicted octanol–water partition coefficient (Wildman–Crippen LogP) is 2.56. The first-order valence-electron chi connectivity index (χ1n) is 7.78. The lowest BCUT2D eigenvalue weighted by molar-refractivity contribution is -0.143. The first-order chi connectivity index (χ1) is 11.1. The van der Waals surface area contributed by atoms with Gasteiger partial charge in [-0.1, -0.05) is 12.5 Å². The van der Waals surface area contributed by atoms with Gasteiger partial charge in [0.15, 0.2) is 0 Å². The topological polar surface area (TPSA) is 73.9 Å². The molecule has 0 saturated heterocycles. The van der Waals surface area contributed by atoms with Crippen molar-refractivity contribution in [3.63, 3.8) is 0 Å². The highest BCUT2D eigenvalue weighted by molar-refractivity contribution is 5.99. The van der Waals surface area contributed by atoms with Crippen molar-refractivity contribution >= 4 is 11.9 Å². The van der Waals surface area contributed by atoms with Crippen LogP contribution in [0.3, 0.4) is 0 Å². The van der Waals surface area contributed by atoms with E-state index in [1.165, 1.54) is 14.2 Å². The minimum Gasteiger partial charge on any atom is -0.496 e. The van der Waals surface area contributed by atoms with Gasteiger partial charge in [0.05, 0.1) is 20.8 Å². The molecule has 1 amide bonds. The van der Waals surface area contributed by atoms with E-state index in [4.69, 9.17) is 14.2 Å². The quantitative estimate of drug-likeness (QED) is 0.529. The average Bonchev–Trinajstić information content (AvgIpc) is 2.57. The minimum atomic E-state index is -0.232. The molecule has 128 valence electrons. The molecule has 0 saturated carbocycles. The van der Waals surface area contributed by atoms with E-state index >= 15 is 0 Å². The Morgan fingerprint density at radius 3 is 2.26 bits per heavy atom. The molecule has 0 aromatic heterocycles. The van der Waals surface area contributed by atoms with Crippen molar-refractivity contribution in [2.24, 2.45) is 0 Å². The van der Waals surface area contributed by atoms with Crippen LogP contribution in [0.1, 0.15) is 43.0 Å². The van der Waals surface area contributed by atoms with Gasteiger partial charge in [0.2, 0.25) is 0 Å². The molecular formula is C17H25NO5. The molecule has 0 aliphatic rings. The molecule has 6 nitrogen and oxygen atoms in total. The van der Waals surface area contributed by atoms with Crippen molar-refractivity contribution in [1.29, 1.82) is 0 Å². The van der Waals surface area contributed by atoms with Crippen molar-refractivity contribution in [1.82, 2.24) is 5.32 Å². The van der Waals surface area contributed by atoms with E-state index < -0.39 is 0 Å². The van der Waals surface area contributed by atoms with E-state index in [9.17, 15) is 9.59 Å². The summed E-state index contributed by atoms with van der Waals surface area (Å²) in [5, 5.41) is 2.85. The van der Waals surface area contributed by atoms with Gasteiger partial charge in [-0.05, 0) is 31.9 Å². The van der Waals surface area contributed by atoms with Gasteiger partial charge in [-0.25, -0.2) is 0 Å². The molecule has 0 spiro atoms. The van der Waals surface area contributed by atoms with Crippen molar-refractivity contribution < 1.29 is 23.8 Å². The number of ether oxygens (including phenoxy) is 3. The second-order valence-electron chi connectivity index (χ2n) is 4.91. The number of unbranched alkanes of at least 4 members (excludes halogenated alkanes) is 2. The number of hydrogen-bond donors (Lipinski definition) is 1. The van der Waals surface area contributed by atoms with Gasteiger partial charge >= 0.3 is 5.97 Å². The molecule has 0 fully saturated rings. The molecule has 0 radical (unpaired) electrons. The van der Waals surface area contributed by atoms with Gasteiger partial charge in [0.25, 0.3) is 5.91 Å². The lowest BCUT2D eigenvalue weighted by Gasteiger charge is -2.12. The number of amides is 1. The van der Waals surface area contributed by atoms with Gasteiger partial charge in [0.1, 0.15) is 17.1 Å². The number of carbonyl (C=O) groups excluding carboxylic acids is 2. The Morgan fingerprint density at radius 1 is 1.04 bits per heavy atom. The molecule has 23 heavy (non-hydrogen) atoms. The first-order valence-corrected chi connectivity index (χ1v) is 7.78. The maximum Gasteiger partial charge on any atom is 0.305 e. The summed E-state index contributed by atoms with van der Waals surface area (Å²) in [6.45, 7) is 2.73. The molecule has 0 aliphatic carbocycles. The van der Waals surface area contributed by atoms with Crippen LogP contribution in [0, 0.1) is 0 Å². The summed E-state index contributed by atoms with van der Waals surface area (Å²) in [6.07, 6.45) is 2.82. The Bertz CT molecular complexity index is 493. The molecule has 0 atom stereocenters. The smallest absolute Gasteiger partial charge is 0.305 e. The van der Waals surface area contributed by atoms with Crippen LogP contribution < -0.4 is 14.8 Å². The highest BCUT2D eigenvalue weighted by Crippen LogP contribution is 2.27. The Morgan fingerprint density at radius 2 is 1.70 bits per heavy atom. The van der Waals surface area contributed by atoms with Crippen molar-refractivity contribution in [3.8, 4) is 11.5 Å². The monoisotopic (exact) mass is 323 g/mol. The molecule has 0 aliphatic heterocycles. The lowest BCUT2D eigenvalue weighted by atomic mass is 10.1. The molecule has 1 aromatic rings. The van der Waals surface area contributed by atoms with Crippen molar-refractivity contribution in [2.45, 2.75) is 32.6 Å². The summed E-state index contributed by atoms with van der Waals surface area (Å²) >= 11 is 0. The zero-order valence-electron chi connectivity index (χ0n) is 14.0. The Hall–Kier alpha value is -2.24. The van der Waals surface area contributed by atoms with E-state index in [2.05, 4.69) is 5.32 Å². The number of carbonyl (C=O) groups is 2. The Balaban J connectivity index is 2.39. The fourth-order valence-corrected chi connectivity index (χ4v) is 2.17. The van der Waals surface area contributed by atoms with Crippen LogP contribution >= 0.6 is 0 Å². The van der Waals surface area contributed by atoms with Crippen LogP contribution in [0.15, 0.2) is 18.2 Å². The molecule has 0 heterocycles. The largest absolute Gasteiger partial charge is 0.496 e.